The number of hydrogen-bond acceptors (Lipinski definition) is 3. The number of likely N-dealkylation sites (N-methyl/N-ethyl adjacent to an activating group) is 1. The summed E-state index contributed by atoms with van der Waals surface area (Å²) in [6.45, 7) is 3.61. The zero-order valence-electron chi connectivity index (χ0n) is 11.5. The van der Waals surface area contributed by atoms with Crippen molar-refractivity contribution >= 4 is 17.9 Å². The minimum atomic E-state index is -1.31. The summed E-state index contributed by atoms with van der Waals surface area (Å²) in [5, 5.41) is 14.1. The molecule has 0 saturated carbocycles. The van der Waals surface area contributed by atoms with Gasteiger partial charge in [0.2, 0.25) is 5.91 Å². The maximum atomic E-state index is 12.1. The lowest BCUT2D eigenvalue weighted by molar-refractivity contribution is -0.143. The molecule has 3 amide bonds. The van der Waals surface area contributed by atoms with Crippen LogP contribution in [0.2, 0.25) is 0 Å². The Morgan fingerprint density at radius 3 is 2.53 bits per heavy atom. The van der Waals surface area contributed by atoms with Crippen LogP contribution in [0.25, 0.3) is 0 Å². The standard InChI is InChI=1S/C12H21N3O4/c1-4-12(2,10(17)18)14-11(19)15-7-5-6-8(15)9(16)13-3/h8H,4-7H2,1-3H3,(H,13,16)(H,14,19)(H,17,18). The highest BCUT2D eigenvalue weighted by molar-refractivity contribution is 5.90. The van der Waals surface area contributed by atoms with Gasteiger partial charge in [-0.3, -0.25) is 4.79 Å². The molecule has 0 aromatic rings. The average molecular weight is 271 g/mol. The smallest absolute Gasteiger partial charge is 0.329 e. The van der Waals surface area contributed by atoms with Gasteiger partial charge in [0, 0.05) is 13.6 Å². The highest BCUT2D eigenvalue weighted by atomic mass is 16.4. The Hall–Kier alpha value is -1.79. The lowest BCUT2D eigenvalue weighted by Crippen LogP contribution is -2.58. The summed E-state index contributed by atoms with van der Waals surface area (Å²) in [6.07, 6.45) is 1.61. The van der Waals surface area contributed by atoms with Gasteiger partial charge in [-0.1, -0.05) is 6.92 Å². The first-order valence-electron chi connectivity index (χ1n) is 6.39. The van der Waals surface area contributed by atoms with Crippen molar-refractivity contribution in [1.82, 2.24) is 15.5 Å². The Bertz CT molecular complexity index is 385. The summed E-state index contributed by atoms with van der Waals surface area (Å²) in [5.41, 5.74) is -1.31. The number of urea groups is 1. The van der Waals surface area contributed by atoms with Crippen molar-refractivity contribution in [2.75, 3.05) is 13.6 Å². The van der Waals surface area contributed by atoms with Gasteiger partial charge in [0.1, 0.15) is 11.6 Å². The quantitative estimate of drug-likeness (QED) is 0.678. The summed E-state index contributed by atoms with van der Waals surface area (Å²) in [5.74, 6) is -1.31. The molecule has 1 aliphatic heterocycles. The van der Waals surface area contributed by atoms with E-state index in [2.05, 4.69) is 10.6 Å². The van der Waals surface area contributed by atoms with Crippen molar-refractivity contribution in [3.8, 4) is 0 Å². The van der Waals surface area contributed by atoms with Crippen LogP contribution in [0, 0.1) is 0 Å². The molecule has 1 fully saturated rings. The largest absolute Gasteiger partial charge is 0.480 e. The van der Waals surface area contributed by atoms with Crippen molar-refractivity contribution in [2.24, 2.45) is 0 Å². The Morgan fingerprint density at radius 2 is 2.05 bits per heavy atom. The van der Waals surface area contributed by atoms with Crippen LogP contribution in [0.1, 0.15) is 33.1 Å². The molecule has 1 rings (SSSR count). The molecule has 1 saturated heterocycles. The molecule has 7 nitrogen and oxygen atoms in total. The maximum Gasteiger partial charge on any atom is 0.329 e. The molecule has 7 heteroatoms. The van der Waals surface area contributed by atoms with E-state index in [4.69, 9.17) is 5.11 Å². The fourth-order valence-corrected chi connectivity index (χ4v) is 2.05. The van der Waals surface area contributed by atoms with Gasteiger partial charge >= 0.3 is 12.0 Å². The van der Waals surface area contributed by atoms with Crippen LogP contribution in [0.3, 0.4) is 0 Å². The molecule has 0 spiro atoms. The number of carboxylic acids is 1. The molecule has 19 heavy (non-hydrogen) atoms. The van der Waals surface area contributed by atoms with E-state index in [0.29, 0.717) is 13.0 Å². The molecule has 0 aromatic carbocycles. The van der Waals surface area contributed by atoms with Gasteiger partial charge in [0.25, 0.3) is 0 Å². The third kappa shape index (κ3) is 3.15. The van der Waals surface area contributed by atoms with Crippen LogP contribution >= 0.6 is 0 Å². The number of likely N-dealkylation sites (tertiary alicyclic amines) is 1. The van der Waals surface area contributed by atoms with Crippen LogP contribution in [0.5, 0.6) is 0 Å². The number of carbonyl (C=O) groups excluding carboxylic acids is 2. The molecule has 3 N–H and O–H groups in total. The van der Waals surface area contributed by atoms with Crippen molar-refractivity contribution < 1.29 is 19.5 Å². The fraction of sp³-hybridized carbons (Fsp3) is 0.750. The van der Waals surface area contributed by atoms with E-state index in [9.17, 15) is 14.4 Å². The van der Waals surface area contributed by atoms with Gasteiger partial charge in [-0.25, -0.2) is 9.59 Å². The lowest BCUT2D eigenvalue weighted by Gasteiger charge is -2.30. The van der Waals surface area contributed by atoms with Crippen LogP contribution in [-0.4, -0.2) is 53.1 Å². The van der Waals surface area contributed by atoms with Gasteiger partial charge in [-0.2, -0.15) is 0 Å². The fourth-order valence-electron chi connectivity index (χ4n) is 2.05. The van der Waals surface area contributed by atoms with E-state index in [1.165, 1.54) is 18.9 Å². The monoisotopic (exact) mass is 271 g/mol. The normalized spacial score (nSPS) is 21.6. The van der Waals surface area contributed by atoms with Crippen molar-refractivity contribution in [3.05, 3.63) is 0 Å². The number of amides is 3. The van der Waals surface area contributed by atoms with E-state index in [0.717, 1.165) is 6.42 Å². The zero-order valence-corrected chi connectivity index (χ0v) is 11.5. The second kappa shape index (κ2) is 5.90. The molecular weight excluding hydrogens is 250 g/mol. The molecule has 0 aliphatic carbocycles. The molecule has 1 heterocycles. The summed E-state index contributed by atoms with van der Waals surface area (Å²) >= 11 is 0. The van der Waals surface area contributed by atoms with Crippen molar-refractivity contribution in [3.63, 3.8) is 0 Å². The van der Waals surface area contributed by atoms with E-state index >= 15 is 0 Å². The highest BCUT2D eigenvalue weighted by Gasteiger charge is 2.39. The van der Waals surface area contributed by atoms with Gasteiger partial charge < -0.3 is 20.6 Å². The molecule has 0 aromatic heterocycles. The summed E-state index contributed by atoms with van der Waals surface area (Å²) in [4.78, 5) is 36.3. The number of carboxylic acid groups (broad SMARTS) is 1. The minimum absolute atomic E-state index is 0.221. The highest BCUT2D eigenvalue weighted by Crippen LogP contribution is 2.19. The van der Waals surface area contributed by atoms with E-state index < -0.39 is 23.6 Å². The minimum Gasteiger partial charge on any atom is -0.480 e. The number of carbonyl (C=O) groups is 3. The molecule has 2 atom stereocenters. The topological polar surface area (TPSA) is 98.7 Å². The molecule has 1 aliphatic rings. The predicted octanol–water partition coefficient (Wildman–Crippen LogP) is 0.160. The van der Waals surface area contributed by atoms with Gasteiger partial charge in [0.05, 0.1) is 0 Å². The number of rotatable bonds is 4. The lowest BCUT2D eigenvalue weighted by atomic mass is 10.00. The van der Waals surface area contributed by atoms with E-state index in [1.54, 1.807) is 6.92 Å². The van der Waals surface area contributed by atoms with Crippen molar-refractivity contribution in [1.29, 1.82) is 0 Å². The first kappa shape index (κ1) is 15.3. The Kier molecular flexibility index (Phi) is 4.74. The van der Waals surface area contributed by atoms with Crippen LogP contribution in [0.4, 0.5) is 4.79 Å². The number of nitrogens with one attached hydrogen (secondary N) is 2. The van der Waals surface area contributed by atoms with Crippen LogP contribution in [0.15, 0.2) is 0 Å². The van der Waals surface area contributed by atoms with Crippen LogP contribution < -0.4 is 10.6 Å². The summed E-state index contributed by atoms with van der Waals surface area (Å²) in [6, 6.07) is -1.02. The first-order chi connectivity index (χ1) is 8.85. The zero-order chi connectivity index (χ0) is 14.6. The maximum absolute atomic E-state index is 12.1. The Balaban J connectivity index is 2.77. The molecular formula is C12H21N3O4. The molecule has 0 radical (unpaired) electrons. The average Bonchev–Trinajstić information content (AvgIpc) is 2.86. The summed E-state index contributed by atoms with van der Waals surface area (Å²) in [7, 11) is 1.52. The predicted molar refractivity (Wildman–Crippen MR) is 68.7 cm³/mol. The second-order valence-corrected chi connectivity index (χ2v) is 4.89. The van der Waals surface area contributed by atoms with Gasteiger partial charge in [-0.15, -0.1) is 0 Å². The number of aliphatic carboxylic acids is 1. The molecule has 0 bridgehead atoms. The Labute approximate surface area is 112 Å². The van der Waals surface area contributed by atoms with Gasteiger partial charge in [-0.05, 0) is 26.2 Å². The van der Waals surface area contributed by atoms with E-state index in [1.807, 2.05) is 0 Å². The second-order valence-electron chi connectivity index (χ2n) is 4.89. The molecule has 2 unspecified atom stereocenters. The number of hydrogen-bond donors (Lipinski definition) is 3. The van der Waals surface area contributed by atoms with Crippen LogP contribution in [-0.2, 0) is 9.59 Å². The Morgan fingerprint density at radius 1 is 1.42 bits per heavy atom. The van der Waals surface area contributed by atoms with E-state index in [-0.39, 0.29) is 12.3 Å². The SMILES string of the molecule is CCC(C)(NC(=O)N1CCCC1C(=O)NC)C(=O)O. The van der Waals surface area contributed by atoms with Gasteiger partial charge in [0.15, 0.2) is 0 Å². The third-order valence-electron chi connectivity index (χ3n) is 3.62. The summed E-state index contributed by atoms with van der Waals surface area (Å²) < 4.78 is 0. The van der Waals surface area contributed by atoms with Crippen molar-refractivity contribution in [2.45, 2.75) is 44.7 Å². The first-order valence-corrected chi connectivity index (χ1v) is 6.39. The third-order valence-corrected chi connectivity index (χ3v) is 3.62. The number of nitrogens with zero attached hydrogens (tertiary/aromatic N) is 1. The molecule has 108 valence electrons.